The molecule has 4 rings (SSSR count). The van der Waals surface area contributed by atoms with Crippen LogP contribution in [-0.2, 0) is 13.1 Å². The smallest absolute Gasteiger partial charge is 0.161 e. The van der Waals surface area contributed by atoms with E-state index in [4.69, 9.17) is 13.9 Å². The Morgan fingerprint density at radius 3 is 2.68 bits per heavy atom. The molecular weight excluding hydrogens is 278 g/mol. The first-order chi connectivity index (χ1) is 10.8. The number of rotatable bonds is 5. The van der Waals surface area contributed by atoms with Gasteiger partial charge in [-0.3, -0.25) is 0 Å². The van der Waals surface area contributed by atoms with Crippen molar-refractivity contribution in [2.45, 2.75) is 32.4 Å². The molecule has 1 saturated carbocycles. The van der Waals surface area contributed by atoms with Crippen LogP contribution in [0, 0.1) is 5.92 Å². The highest BCUT2D eigenvalue weighted by atomic mass is 16.6. The minimum atomic E-state index is 0.624. The predicted octanol–water partition coefficient (Wildman–Crippen LogP) is 3.46. The second kappa shape index (κ2) is 5.69. The molecule has 2 aromatic rings. The Bertz CT molecular complexity index is 664. The summed E-state index contributed by atoms with van der Waals surface area (Å²) in [5, 5.41) is 3.42. The maximum atomic E-state index is 5.90. The van der Waals surface area contributed by atoms with Crippen LogP contribution in [0.1, 0.15) is 36.3 Å². The minimum Gasteiger partial charge on any atom is -0.486 e. The molecule has 0 amide bonds. The first kappa shape index (κ1) is 13.7. The van der Waals surface area contributed by atoms with E-state index in [0.717, 1.165) is 42.0 Å². The van der Waals surface area contributed by atoms with Crippen molar-refractivity contribution in [3.63, 3.8) is 0 Å². The second-order valence-electron chi connectivity index (χ2n) is 6.21. The SMILES string of the molecule is C[C@H]1C[C@H]1c1ccc(CNCc2ccc3c(c2)OCCO3)o1. The molecule has 1 fully saturated rings. The maximum Gasteiger partial charge on any atom is 0.161 e. The van der Waals surface area contributed by atoms with Gasteiger partial charge in [0, 0.05) is 12.5 Å². The summed E-state index contributed by atoms with van der Waals surface area (Å²) in [6, 6.07) is 10.3. The van der Waals surface area contributed by atoms with E-state index in [1.807, 2.05) is 12.1 Å². The van der Waals surface area contributed by atoms with Gasteiger partial charge in [0.2, 0.25) is 0 Å². The molecule has 1 aromatic carbocycles. The Hall–Kier alpha value is -1.94. The van der Waals surface area contributed by atoms with Gasteiger partial charge in [0.25, 0.3) is 0 Å². The lowest BCUT2D eigenvalue weighted by atomic mass is 10.2. The van der Waals surface area contributed by atoms with Gasteiger partial charge >= 0.3 is 0 Å². The molecule has 1 N–H and O–H groups in total. The zero-order valence-corrected chi connectivity index (χ0v) is 12.8. The van der Waals surface area contributed by atoms with Gasteiger partial charge in [-0.15, -0.1) is 0 Å². The highest BCUT2D eigenvalue weighted by molar-refractivity contribution is 5.43. The predicted molar refractivity (Wildman–Crippen MR) is 83.2 cm³/mol. The molecule has 116 valence electrons. The zero-order chi connectivity index (χ0) is 14.9. The van der Waals surface area contributed by atoms with Crippen LogP contribution in [-0.4, -0.2) is 13.2 Å². The Balaban J connectivity index is 1.32. The summed E-state index contributed by atoms with van der Waals surface area (Å²) in [5.41, 5.74) is 1.19. The summed E-state index contributed by atoms with van der Waals surface area (Å²) in [6.45, 7) is 5.05. The lowest BCUT2D eigenvalue weighted by molar-refractivity contribution is 0.171. The van der Waals surface area contributed by atoms with Gasteiger partial charge in [0.15, 0.2) is 11.5 Å². The third-order valence-corrected chi connectivity index (χ3v) is 4.39. The van der Waals surface area contributed by atoms with Crippen LogP contribution in [0.4, 0.5) is 0 Å². The summed E-state index contributed by atoms with van der Waals surface area (Å²) in [4.78, 5) is 0. The third-order valence-electron chi connectivity index (χ3n) is 4.39. The Labute approximate surface area is 130 Å². The van der Waals surface area contributed by atoms with Crippen LogP contribution in [0.3, 0.4) is 0 Å². The molecule has 1 aliphatic heterocycles. The molecule has 4 heteroatoms. The molecule has 0 saturated heterocycles. The van der Waals surface area contributed by atoms with Crippen LogP contribution in [0.2, 0.25) is 0 Å². The fourth-order valence-electron chi connectivity index (χ4n) is 2.94. The maximum absolute atomic E-state index is 5.90. The highest BCUT2D eigenvalue weighted by Crippen LogP contribution is 2.47. The number of hydrogen-bond donors (Lipinski definition) is 1. The summed E-state index contributed by atoms with van der Waals surface area (Å²) in [5.74, 6) is 5.25. The fourth-order valence-corrected chi connectivity index (χ4v) is 2.94. The van der Waals surface area contributed by atoms with Gasteiger partial charge < -0.3 is 19.2 Å². The number of ether oxygens (including phenoxy) is 2. The number of fused-ring (bicyclic) bond motifs is 1. The van der Waals surface area contributed by atoms with Gasteiger partial charge in [0.1, 0.15) is 24.7 Å². The average molecular weight is 299 g/mol. The Morgan fingerprint density at radius 2 is 1.86 bits per heavy atom. The van der Waals surface area contributed by atoms with E-state index in [9.17, 15) is 0 Å². The third kappa shape index (κ3) is 2.83. The van der Waals surface area contributed by atoms with Crippen molar-refractivity contribution in [2.24, 2.45) is 5.92 Å². The monoisotopic (exact) mass is 299 g/mol. The van der Waals surface area contributed by atoms with E-state index in [1.54, 1.807) is 0 Å². The quantitative estimate of drug-likeness (QED) is 0.918. The van der Waals surface area contributed by atoms with E-state index in [-0.39, 0.29) is 0 Å². The molecule has 0 unspecified atom stereocenters. The van der Waals surface area contributed by atoms with Crippen molar-refractivity contribution in [2.75, 3.05) is 13.2 Å². The first-order valence-electron chi connectivity index (χ1n) is 7.97. The van der Waals surface area contributed by atoms with Crippen molar-refractivity contribution < 1.29 is 13.9 Å². The van der Waals surface area contributed by atoms with Crippen molar-refractivity contribution in [1.29, 1.82) is 0 Å². The molecule has 0 spiro atoms. The van der Waals surface area contributed by atoms with E-state index in [1.165, 1.54) is 12.0 Å². The molecule has 1 aliphatic carbocycles. The molecule has 0 bridgehead atoms. The summed E-state index contributed by atoms with van der Waals surface area (Å²) < 4.78 is 17.0. The lowest BCUT2D eigenvalue weighted by Crippen LogP contribution is -2.16. The number of hydrogen-bond acceptors (Lipinski definition) is 4. The molecule has 2 heterocycles. The molecule has 2 atom stereocenters. The molecule has 0 radical (unpaired) electrons. The molecular formula is C18H21NO3. The van der Waals surface area contributed by atoms with Crippen LogP contribution < -0.4 is 14.8 Å². The minimum absolute atomic E-state index is 0.624. The number of nitrogens with one attached hydrogen (secondary N) is 1. The standard InChI is InChI=1S/C18H21NO3/c1-12-8-15(12)16-5-3-14(22-16)11-19-10-13-2-4-17-18(9-13)21-7-6-20-17/h2-5,9,12,15,19H,6-8,10-11H2,1H3/t12-,15+/m0/s1. The summed E-state index contributed by atoms with van der Waals surface area (Å²) in [6.07, 6.45) is 1.26. The fraction of sp³-hybridized carbons (Fsp3) is 0.444. The number of furan rings is 1. The highest BCUT2D eigenvalue weighted by Gasteiger charge is 2.36. The largest absolute Gasteiger partial charge is 0.486 e. The van der Waals surface area contributed by atoms with Crippen LogP contribution >= 0.6 is 0 Å². The second-order valence-corrected chi connectivity index (χ2v) is 6.21. The molecule has 2 aliphatic rings. The van der Waals surface area contributed by atoms with Gasteiger partial charge in [-0.2, -0.15) is 0 Å². The van der Waals surface area contributed by atoms with Crippen molar-refractivity contribution in [1.82, 2.24) is 5.32 Å². The van der Waals surface area contributed by atoms with Gasteiger partial charge in [-0.05, 0) is 42.2 Å². The molecule has 1 aromatic heterocycles. The van der Waals surface area contributed by atoms with Crippen molar-refractivity contribution in [3.8, 4) is 11.5 Å². The lowest BCUT2D eigenvalue weighted by Gasteiger charge is -2.18. The van der Waals surface area contributed by atoms with Gasteiger partial charge in [-0.1, -0.05) is 13.0 Å². The van der Waals surface area contributed by atoms with Gasteiger partial charge in [-0.25, -0.2) is 0 Å². The van der Waals surface area contributed by atoms with E-state index < -0.39 is 0 Å². The first-order valence-corrected chi connectivity index (χ1v) is 7.97. The zero-order valence-electron chi connectivity index (χ0n) is 12.8. The molecule has 22 heavy (non-hydrogen) atoms. The van der Waals surface area contributed by atoms with Crippen LogP contribution in [0.25, 0.3) is 0 Å². The topological polar surface area (TPSA) is 43.6 Å². The summed E-state index contributed by atoms with van der Waals surface area (Å²) >= 11 is 0. The average Bonchev–Trinajstić information content (AvgIpc) is 3.09. The van der Waals surface area contributed by atoms with Crippen LogP contribution in [0.15, 0.2) is 34.7 Å². The van der Waals surface area contributed by atoms with E-state index >= 15 is 0 Å². The number of benzene rings is 1. The van der Waals surface area contributed by atoms with E-state index in [2.05, 4.69) is 30.4 Å². The Morgan fingerprint density at radius 1 is 1.05 bits per heavy atom. The van der Waals surface area contributed by atoms with Crippen molar-refractivity contribution >= 4 is 0 Å². The summed E-state index contributed by atoms with van der Waals surface area (Å²) in [7, 11) is 0. The molecule has 4 nitrogen and oxygen atoms in total. The normalized spacial score (nSPS) is 22.6. The van der Waals surface area contributed by atoms with Crippen molar-refractivity contribution in [3.05, 3.63) is 47.4 Å². The Kier molecular flexibility index (Phi) is 3.54. The van der Waals surface area contributed by atoms with E-state index in [0.29, 0.717) is 19.1 Å². The van der Waals surface area contributed by atoms with Gasteiger partial charge in [0.05, 0.1) is 6.54 Å². The van der Waals surface area contributed by atoms with Crippen LogP contribution in [0.5, 0.6) is 11.5 Å².